The van der Waals surface area contributed by atoms with Crippen molar-refractivity contribution in [1.29, 1.82) is 0 Å². The van der Waals surface area contributed by atoms with Crippen LogP contribution in [0.25, 0.3) is 11.0 Å². The molecule has 2 aliphatic carbocycles. The molecule has 3 aromatic rings. The molecule has 3 fully saturated rings. The number of carbonyl (C=O) groups excluding carboxylic acids is 1. The molecule has 0 atom stereocenters. The number of fused-ring (bicyclic) bond motifs is 1. The molecule has 12 heteroatoms. The van der Waals surface area contributed by atoms with E-state index in [2.05, 4.69) is 25.0 Å². The summed E-state index contributed by atoms with van der Waals surface area (Å²) in [7, 11) is -3.71. The van der Waals surface area contributed by atoms with Crippen LogP contribution in [0.1, 0.15) is 48.9 Å². The fourth-order valence-corrected chi connectivity index (χ4v) is 6.01. The van der Waals surface area contributed by atoms with Gasteiger partial charge in [-0.3, -0.25) is 9.52 Å². The summed E-state index contributed by atoms with van der Waals surface area (Å²) >= 11 is 0. The zero-order chi connectivity index (χ0) is 26.5. The highest BCUT2D eigenvalue weighted by Crippen LogP contribution is 2.54. The lowest BCUT2D eigenvalue weighted by atomic mass is 9.93. The topological polar surface area (TPSA) is 129 Å². The van der Waals surface area contributed by atoms with E-state index in [1.165, 1.54) is 17.5 Å². The second-order valence-corrected chi connectivity index (χ2v) is 12.7. The van der Waals surface area contributed by atoms with Crippen molar-refractivity contribution in [2.75, 3.05) is 40.4 Å². The lowest BCUT2D eigenvalue weighted by molar-refractivity contribution is 0.102. The van der Waals surface area contributed by atoms with Crippen LogP contribution in [0.4, 0.5) is 21.6 Å². The number of hydrogen-bond donors (Lipinski definition) is 3. The second-order valence-electron chi connectivity index (χ2n) is 10.9. The van der Waals surface area contributed by atoms with Crippen LogP contribution in [0.2, 0.25) is 0 Å². The average Bonchev–Trinajstić information content (AvgIpc) is 3.78. The summed E-state index contributed by atoms with van der Waals surface area (Å²) in [6, 6.07) is 8.30. The van der Waals surface area contributed by atoms with Gasteiger partial charge in [-0.05, 0) is 74.3 Å². The summed E-state index contributed by atoms with van der Waals surface area (Å²) in [5.41, 5.74) is 1.08. The summed E-state index contributed by atoms with van der Waals surface area (Å²) < 4.78 is 42.9. The van der Waals surface area contributed by atoms with E-state index in [4.69, 9.17) is 5.11 Å². The monoisotopic (exact) mass is 542 g/mol. The normalized spacial score (nSPS) is 19.5. The van der Waals surface area contributed by atoms with Gasteiger partial charge in [0.25, 0.3) is 5.91 Å². The number of benzene rings is 1. The number of hydrogen-bond acceptors (Lipinski definition) is 7. The van der Waals surface area contributed by atoms with Gasteiger partial charge in [0.05, 0.1) is 42.0 Å². The number of anilines is 3. The smallest absolute Gasteiger partial charge is 0.258 e. The minimum absolute atomic E-state index is 0.134. The van der Waals surface area contributed by atoms with Crippen molar-refractivity contribution in [3.63, 3.8) is 0 Å². The Balaban J connectivity index is 1.27. The zero-order valence-corrected chi connectivity index (χ0v) is 21.8. The molecule has 0 radical (unpaired) electrons. The Morgan fingerprint density at radius 2 is 1.84 bits per heavy atom. The van der Waals surface area contributed by atoms with Gasteiger partial charge in [-0.25, -0.2) is 22.5 Å². The largest absolute Gasteiger partial charge is 0.395 e. The number of aliphatic hydroxyl groups is 1. The molecule has 6 rings (SSSR count). The van der Waals surface area contributed by atoms with Crippen LogP contribution in [0.5, 0.6) is 0 Å². The fraction of sp³-hybridized carbons (Fsp3) is 0.500. The van der Waals surface area contributed by atoms with Crippen molar-refractivity contribution in [2.24, 2.45) is 5.41 Å². The molecule has 1 aromatic carbocycles. The average molecular weight is 543 g/mol. The van der Waals surface area contributed by atoms with Gasteiger partial charge in [-0.2, -0.15) is 5.10 Å². The van der Waals surface area contributed by atoms with Crippen LogP contribution >= 0.6 is 0 Å². The lowest BCUT2D eigenvalue weighted by Gasteiger charge is -2.35. The number of sulfonamides is 1. The molecule has 1 amide bonds. The number of nitrogens with zero attached hydrogens (tertiary/aromatic N) is 4. The number of halogens is 1. The van der Waals surface area contributed by atoms with Crippen LogP contribution in [0, 0.1) is 5.41 Å². The molecule has 3 aliphatic rings. The predicted octanol–water partition coefficient (Wildman–Crippen LogP) is 3.30. The molecule has 1 spiro atoms. The predicted molar refractivity (Wildman–Crippen MR) is 143 cm³/mol. The number of carbonyl (C=O) groups is 1. The van der Waals surface area contributed by atoms with Gasteiger partial charge >= 0.3 is 0 Å². The number of pyridine rings is 1. The summed E-state index contributed by atoms with van der Waals surface area (Å²) in [5.74, 6) is -0.467. The molecule has 2 aromatic heterocycles. The standard InChI is InChI=1S/C26H31FN6O4S/c27-26(7-8-26)17-33-23-18(16-28-33)1-4-22(29-23)30-24(35)20-3-2-19(31-38(36,37)14-13-34)15-21(20)32-11-9-25(5-6-25)10-12-32/h1-4,15-16,31,34H,5-14,17H2,(H,29,30,35). The first kappa shape index (κ1) is 25.1. The molecule has 3 N–H and O–H groups in total. The number of nitrogens with one attached hydrogen (secondary N) is 2. The Kier molecular flexibility index (Phi) is 6.06. The number of aromatic nitrogens is 3. The Bertz CT molecular complexity index is 1490. The molecule has 1 saturated heterocycles. The van der Waals surface area contributed by atoms with Crippen LogP contribution in [0.3, 0.4) is 0 Å². The van der Waals surface area contributed by atoms with Crippen molar-refractivity contribution in [3.05, 3.63) is 42.1 Å². The number of rotatable bonds is 9. The quantitative estimate of drug-likeness (QED) is 0.378. The third-order valence-electron chi connectivity index (χ3n) is 7.95. The van der Waals surface area contributed by atoms with Crippen molar-refractivity contribution < 1.29 is 22.7 Å². The first-order chi connectivity index (χ1) is 18.2. The first-order valence-electron chi connectivity index (χ1n) is 13.0. The maximum Gasteiger partial charge on any atom is 0.258 e. The highest BCUT2D eigenvalue weighted by atomic mass is 32.2. The van der Waals surface area contributed by atoms with E-state index in [1.54, 1.807) is 36.5 Å². The molecular formula is C26H31FN6O4S. The van der Waals surface area contributed by atoms with Gasteiger partial charge in [0.1, 0.15) is 11.5 Å². The van der Waals surface area contributed by atoms with E-state index >= 15 is 0 Å². The first-order valence-corrected chi connectivity index (χ1v) is 14.7. The molecule has 3 heterocycles. The number of alkyl halides is 1. The van der Waals surface area contributed by atoms with Gasteiger partial charge in [0.15, 0.2) is 5.65 Å². The third-order valence-corrected chi connectivity index (χ3v) is 9.22. The summed E-state index contributed by atoms with van der Waals surface area (Å²) in [5, 5.41) is 17.0. The maximum atomic E-state index is 14.4. The number of piperidine rings is 1. The maximum absolute atomic E-state index is 14.4. The Morgan fingerprint density at radius 1 is 1.08 bits per heavy atom. The highest BCUT2D eigenvalue weighted by molar-refractivity contribution is 7.92. The zero-order valence-electron chi connectivity index (χ0n) is 21.0. The van der Waals surface area contributed by atoms with Gasteiger partial charge < -0.3 is 15.3 Å². The van der Waals surface area contributed by atoms with E-state index in [0.29, 0.717) is 46.7 Å². The number of amides is 1. The minimum Gasteiger partial charge on any atom is -0.395 e. The van der Waals surface area contributed by atoms with Crippen molar-refractivity contribution in [3.8, 4) is 0 Å². The Morgan fingerprint density at radius 3 is 2.53 bits per heavy atom. The molecule has 1 aliphatic heterocycles. The molecular weight excluding hydrogens is 511 g/mol. The van der Waals surface area contributed by atoms with Crippen LogP contribution in [-0.2, 0) is 16.6 Å². The summed E-state index contributed by atoms with van der Waals surface area (Å²) in [6.07, 6.45) is 7.21. The SMILES string of the molecule is O=C(Nc1ccc2cnn(CC3(F)CC3)c2n1)c1ccc(NS(=O)(=O)CCO)cc1N1CCC2(CC1)CC2. The van der Waals surface area contributed by atoms with E-state index in [-0.39, 0.29) is 12.5 Å². The van der Waals surface area contributed by atoms with Crippen molar-refractivity contribution >= 4 is 44.2 Å². The molecule has 10 nitrogen and oxygen atoms in total. The van der Waals surface area contributed by atoms with E-state index in [9.17, 15) is 17.6 Å². The van der Waals surface area contributed by atoms with Gasteiger partial charge in [-0.1, -0.05) is 0 Å². The lowest BCUT2D eigenvalue weighted by Crippen LogP contribution is -2.35. The van der Waals surface area contributed by atoms with Crippen molar-refractivity contribution in [2.45, 2.75) is 50.7 Å². The van der Waals surface area contributed by atoms with Crippen LogP contribution in [0.15, 0.2) is 36.5 Å². The fourth-order valence-electron chi connectivity index (χ4n) is 5.18. The van der Waals surface area contributed by atoms with Crippen LogP contribution in [-0.4, -0.2) is 65.3 Å². The Labute approximate surface area is 220 Å². The van der Waals surface area contributed by atoms with Gasteiger partial charge in [0.2, 0.25) is 10.0 Å². The third kappa shape index (κ3) is 5.19. The summed E-state index contributed by atoms with van der Waals surface area (Å²) in [6.45, 7) is 1.21. The summed E-state index contributed by atoms with van der Waals surface area (Å²) in [4.78, 5) is 20.2. The van der Waals surface area contributed by atoms with E-state index in [0.717, 1.165) is 31.3 Å². The second kappa shape index (κ2) is 9.19. The number of aliphatic hydroxyl groups excluding tert-OH is 1. The van der Waals surface area contributed by atoms with Crippen LogP contribution < -0.4 is 14.9 Å². The molecule has 0 bridgehead atoms. The van der Waals surface area contributed by atoms with Gasteiger partial charge in [0, 0.05) is 18.5 Å². The van der Waals surface area contributed by atoms with E-state index in [1.807, 2.05) is 0 Å². The molecule has 202 valence electrons. The highest BCUT2D eigenvalue weighted by Gasteiger charge is 2.45. The minimum atomic E-state index is -3.71. The van der Waals surface area contributed by atoms with Gasteiger partial charge in [-0.15, -0.1) is 0 Å². The molecule has 2 saturated carbocycles. The van der Waals surface area contributed by atoms with Crippen molar-refractivity contribution in [1.82, 2.24) is 14.8 Å². The van der Waals surface area contributed by atoms with E-state index < -0.39 is 28.1 Å². The Hall–Kier alpha value is -3.25. The molecule has 0 unspecified atom stereocenters. The molecule has 38 heavy (non-hydrogen) atoms.